The molecule has 1 atom stereocenters. The third kappa shape index (κ3) is 4.86. The van der Waals surface area contributed by atoms with E-state index in [4.69, 9.17) is 5.11 Å². The minimum atomic E-state index is -0.953. The highest BCUT2D eigenvalue weighted by molar-refractivity contribution is 5.91. The van der Waals surface area contributed by atoms with Crippen LogP contribution in [0.15, 0.2) is 12.3 Å². The van der Waals surface area contributed by atoms with Crippen molar-refractivity contribution < 1.29 is 14.7 Å². The molecule has 1 aliphatic rings. The summed E-state index contributed by atoms with van der Waals surface area (Å²) in [7, 11) is 0. The maximum absolute atomic E-state index is 12.4. The van der Waals surface area contributed by atoms with E-state index in [0.717, 1.165) is 19.3 Å². The first kappa shape index (κ1) is 16.5. The molecule has 1 amide bonds. The Morgan fingerprint density at radius 3 is 2.82 bits per heavy atom. The van der Waals surface area contributed by atoms with E-state index in [9.17, 15) is 9.59 Å². The molecular weight excluding hydrogens is 282 g/mol. The minimum absolute atomic E-state index is 0.00863. The molecule has 22 heavy (non-hydrogen) atoms. The number of rotatable bonds is 8. The Hall–Kier alpha value is -1.85. The van der Waals surface area contributed by atoms with Crippen LogP contribution >= 0.6 is 0 Å². The largest absolute Gasteiger partial charge is 0.480 e. The molecule has 6 heteroatoms. The van der Waals surface area contributed by atoms with Gasteiger partial charge in [0.2, 0.25) is 5.91 Å². The van der Waals surface area contributed by atoms with E-state index in [2.05, 4.69) is 17.3 Å². The van der Waals surface area contributed by atoms with Crippen molar-refractivity contribution in [3.63, 3.8) is 0 Å². The lowest BCUT2D eigenvalue weighted by molar-refractivity contribution is -0.137. The Balaban J connectivity index is 1.91. The van der Waals surface area contributed by atoms with E-state index in [-0.39, 0.29) is 18.4 Å². The van der Waals surface area contributed by atoms with Crippen LogP contribution in [0.3, 0.4) is 0 Å². The molecular formula is C16H25N3O3. The average Bonchev–Trinajstić information content (AvgIpc) is 3.10. The predicted octanol–water partition coefficient (Wildman–Crippen LogP) is 2.90. The smallest absolute Gasteiger partial charge is 0.325 e. The van der Waals surface area contributed by atoms with Gasteiger partial charge >= 0.3 is 5.97 Å². The summed E-state index contributed by atoms with van der Waals surface area (Å²) >= 11 is 0. The van der Waals surface area contributed by atoms with Gasteiger partial charge in [0.1, 0.15) is 6.54 Å². The van der Waals surface area contributed by atoms with Gasteiger partial charge in [0.25, 0.3) is 0 Å². The summed E-state index contributed by atoms with van der Waals surface area (Å²) in [6.07, 6.45) is 9.43. The molecule has 1 heterocycles. The highest BCUT2D eigenvalue weighted by atomic mass is 16.4. The SMILES string of the molecule is CCCC(CC1CCCC1)C(=O)Nc1ccn(CC(=O)O)n1. The molecule has 0 saturated heterocycles. The lowest BCUT2D eigenvalue weighted by atomic mass is 9.89. The van der Waals surface area contributed by atoms with E-state index in [1.54, 1.807) is 12.3 Å². The Kier molecular flexibility index (Phi) is 5.98. The summed E-state index contributed by atoms with van der Waals surface area (Å²) in [6, 6.07) is 1.64. The van der Waals surface area contributed by atoms with Crippen LogP contribution in [0, 0.1) is 11.8 Å². The van der Waals surface area contributed by atoms with Crippen LogP contribution < -0.4 is 5.32 Å². The Labute approximate surface area is 130 Å². The number of nitrogens with one attached hydrogen (secondary N) is 1. The molecule has 1 unspecified atom stereocenters. The molecule has 1 aromatic rings. The quantitative estimate of drug-likeness (QED) is 0.773. The summed E-state index contributed by atoms with van der Waals surface area (Å²) in [5, 5.41) is 15.6. The van der Waals surface area contributed by atoms with Gasteiger partial charge in [-0.05, 0) is 18.8 Å². The number of carbonyl (C=O) groups excluding carboxylic acids is 1. The standard InChI is InChI=1S/C16H25N3O3/c1-2-5-13(10-12-6-3-4-7-12)16(22)17-14-8-9-19(18-14)11-15(20)21/h8-9,12-13H,2-7,10-11H2,1H3,(H,20,21)(H,17,18,22). The first-order valence-corrected chi connectivity index (χ1v) is 8.14. The fraction of sp³-hybridized carbons (Fsp3) is 0.688. The number of aliphatic carboxylic acids is 1. The number of carboxylic acids is 1. The second-order valence-corrected chi connectivity index (χ2v) is 6.15. The van der Waals surface area contributed by atoms with Gasteiger partial charge in [-0.25, -0.2) is 0 Å². The molecule has 0 radical (unpaired) electrons. The van der Waals surface area contributed by atoms with Crippen LogP contribution in [-0.4, -0.2) is 26.8 Å². The highest BCUT2D eigenvalue weighted by Gasteiger charge is 2.25. The fourth-order valence-electron chi connectivity index (χ4n) is 3.24. The molecule has 0 bridgehead atoms. The number of carboxylic acid groups (broad SMARTS) is 1. The molecule has 2 rings (SSSR count). The third-order valence-electron chi connectivity index (χ3n) is 4.29. The van der Waals surface area contributed by atoms with E-state index in [1.807, 2.05) is 0 Å². The summed E-state index contributed by atoms with van der Waals surface area (Å²) in [5.41, 5.74) is 0. The number of amides is 1. The molecule has 122 valence electrons. The number of hydrogen-bond donors (Lipinski definition) is 2. The van der Waals surface area contributed by atoms with Crippen molar-refractivity contribution >= 4 is 17.7 Å². The third-order valence-corrected chi connectivity index (χ3v) is 4.29. The summed E-state index contributed by atoms with van der Waals surface area (Å²) in [4.78, 5) is 23.1. The molecule has 0 aromatic carbocycles. The van der Waals surface area contributed by atoms with Crippen LogP contribution in [0.2, 0.25) is 0 Å². The zero-order valence-electron chi connectivity index (χ0n) is 13.1. The molecule has 0 spiro atoms. The summed E-state index contributed by atoms with van der Waals surface area (Å²) in [5.74, 6) is 0.184. The van der Waals surface area contributed by atoms with Gasteiger partial charge in [0, 0.05) is 18.2 Å². The minimum Gasteiger partial charge on any atom is -0.480 e. The number of aromatic nitrogens is 2. The van der Waals surface area contributed by atoms with E-state index in [0.29, 0.717) is 11.7 Å². The van der Waals surface area contributed by atoms with Gasteiger partial charge < -0.3 is 10.4 Å². The first-order valence-electron chi connectivity index (χ1n) is 8.14. The van der Waals surface area contributed by atoms with Crippen LogP contribution in [0.5, 0.6) is 0 Å². The number of anilines is 1. The van der Waals surface area contributed by atoms with Crippen molar-refractivity contribution in [3.05, 3.63) is 12.3 Å². The Bertz CT molecular complexity index is 506. The van der Waals surface area contributed by atoms with Crippen molar-refractivity contribution in [2.75, 3.05) is 5.32 Å². The molecule has 2 N–H and O–H groups in total. The van der Waals surface area contributed by atoms with E-state index in [1.165, 1.54) is 30.4 Å². The van der Waals surface area contributed by atoms with Gasteiger partial charge in [-0.3, -0.25) is 14.3 Å². The fourth-order valence-corrected chi connectivity index (χ4v) is 3.24. The van der Waals surface area contributed by atoms with Crippen LogP contribution in [0.25, 0.3) is 0 Å². The molecule has 1 saturated carbocycles. The van der Waals surface area contributed by atoms with Crippen LogP contribution in [-0.2, 0) is 16.1 Å². The monoisotopic (exact) mass is 307 g/mol. The van der Waals surface area contributed by atoms with Gasteiger partial charge in [-0.1, -0.05) is 39.0 Å². The van der Waals surface area contributed by atoms with Gasteiger partial charge in [-0.15, -0.1) is 0 Å². The summed E-state index contributed by atoms with van der Waals surface area (Å²) in [6.45, 7) is 1.90. The number of nitrogens with zero attached hydrogens (tertiary/aromatic N) is 2. The van der Waals surface area contributed by atoms with Crippen molar-refractivity contribution in [2.45, 2.75) is 58.4 Å². The average molecular weight is 307 g/mol. The van der Waals surface area contributed by atoms with E-state index >= 15 is 0 Å². The topological polar surface area (TPSA) is 84.2 Å². The maximum atomic E-state index is 12.4. The molecule has 1 aliphatic carbocycles. The number of hydrogen-bond acceptors (Lipinski definition) is 3. The first-order chi connectivity index (χ1) is 10.6. The molecule has 0 aliphatic heterocycles. The zero-order chi connectivity index (χ0) is 15.9. The van der Waals surface area contributed by atoms with Crippen LogP contribution in [0.4, 0.5) is 5.82 Å². The van der Waals surface area contributed by atoms with Gasteiger partial charge in [0.15, 0.2) is 5.82 Å². The second-order valence-electron chi connectivity index (χ2n) is 6.15. The maximum Gasteiger partial charge on any atom is 0.325 e. The van der Waals surface area contributed by atoms with Crippen molar-refractivity contribution in [1.82, 2.24) is 9.78 Å². The molecule has 1 fully saturated rings. The van der Waals surface area contributed by atoms with Crippen molar-refractivity contribution in [3.8, 4) is 0 Å². The highest BCUT2D eigenvalue weighted by Crippen LogP contribution is 2.32. The van der Waals surface area contributed by atoms with Crippen LogP contribution in [0.1, 0.15) is 51.9 Å². The Morgan fingerprint density at radius 1 is 1.45 bits per heavy atom. The second kappa shape index (κ2) is 7.96. The predicted molar refractivity (Wildman–Crippen MR) is 83.5 cm³/mol. The molecule has 6 nitrogen and oxygen atoms in total. The Morgan fingerprint density at radius 2 is 2.18 bits per heavy atom. The lowest BCUT2D eigenvalue weighted by Gasteiger charge is -2.19. The molecule has 1 aromatic heterocycles. The lowest BCUT2D eigenvalue weighted by Crippen LogP contribution is -2.25. The number of carbonyl (C=O) groups is 2. The van der Waals surface area contributed by atoms with Gasteiger partial charge in [-0.2, -0.15) is 5.10 Å². The zero-order valence-corrected chi connectivity index (χ0v) is 13.1. The summed E-state index contributed by atoms with van der Waals surface area (Å²) < 4.78 is 1.31. The van der Waals surface area contributed by atoms with Crippen molar-refractivity contribution in [2.24, 2.45) is 11.8 Å². The van der Waals surface area contributed by atoms with Gasteiger partial charge in [0.05, 0.1) is 0 Å². The normalized spacial score (nSPS) is 16.6. The van der Waals surface area contributed by atoms with E-state index < -0.39 is 5.97 Å². The van der Waals surface area contributed by atoms with Crippen molar-refractivity contribution in [1.29, 1.82) is 0 Å².